The van der Waals surface area contributed by atoms with Crippen LogP contribution in [0.25, 0.3) is 10.8 Å². The Hall–Kier alpha value is -2.54. The molecule has 18 heavy (non-hydrogen) atoms. The van der Waals surface area contributed by atoms with Crippen LogP contribution in [0.15, 0.2) is 46.4 Å². The van der Waals surface area contributed by atoms with E-state index in [4.69, 9.17) is 0 Å². The Morgan fingerprint density at radius 3 is 2.50 bits per heavy atom. The Morgan fingerprint density at radius 1 is 0.944 bits per heavy atom. The summed E-state index contributed by atoms with van der Waals surface area (Å²) in [6.45, 7) is 0.407. The molecule has 2 aromatic carbocycles. The number of nitrogens with zero attached hydrogens (tertiary/aromatic N) is 2. The molecule has 88 valence electrons. The first-order chi connectivity index (χ1) is 8.86. The molecule has 4 nitrogen and oxygen atoms in total. The van der Waals surface area contributed by atoms with E-state index in [1.807, 2.05) is 30.3 Å². The second kappa shape index (κ2) is 5.69. The molecule has 2 aromatic rings. The van der Waals surface area contributed by atoms with E-state index in [1.165, 1.54) is 6.08 Å². The number of rotatable bonds is 4. The zero-order valence-electron chi connectivity index (χ0n) is 9.59. The predicted octanol–water partition coefficient (Wildman–Crippen LogP) is 2.69. The highest BCUT2D eigenvalue weighted by atomic mass is 16.1. The van der Waals surface area contributed by atoms with Crippen molar-refractivity contribution in [2.45, 2.75) is 6.42 Å². The van der Waals surface area contributed by atoms with Crippen LogP contribution in [0.2, 0.25) is 0 Å². The maximum Gasteiger partial charge on any atom is 0.240 e. The van der Waals surface area contributed by atoms with E-state index in [0.717, 1.165) is 16.3 Å². The molecule has 0 aliphatic carbocycles. The Morgan fingerprint density at radius 2 is 1.72 bits per heavy atom. The van der Waals surface area contributed by atoms with Gasteiger partial charge in [0, 0.05) is 5.39 Å². The van der Waals surface area contributed by atoms with Gasteiger partial charge in [-0.2, -0.15) is 4.99 Å². The van der Waals surface area contributed by atoms with Crippen molar-refractivity contribution >= 4 is 28.6 Å². The first-order valence-electron chi connectivity index (χ1n) is 5.49. The highest BCUT2D eigenvalue weighted by molar-refractivity contribution is 5.95. The van der Waals surface area contributed by atoms with Crippen molar-refractivity contribution in [3.8, 4) is 0 Å². The van der Waals surface area contributed by atoms with E-state index in [2.05, 4.69) is 9.98 Å². The molecule has 0 saturated heterocycles. The summed E-state index contributed by atoms with van der Waals surface area (Å²) >= 11 is 0. The largest absolute Gasteiger partial charge is 0.240 e. The van der Waals surface area contributed by atoms with E-state index in [0.29, 0.717) is 18.7 Å². The molecule has 0 aliphatic heterocycles. The Bertz CT molecular complexity index is 667. The molecular weight excluding hydrogens is 228 g/mol. The molecule has 0 fully saturated rings. The lowest BCUT2D eigenvalue weighted by Crippen LogP contribution is -1.90. The zero-order valence-corrected chi connectivity index (χ0v) is 9.59. The van der Waals surface area contributed by atoms with E-state index in [-0.39, 0.29) is 0 Å². The second-order valence-electron chi connectivity index (χ2n) is 3.72. The van der Waals surface area contributed by atoms with Gasteiger partial charge >= 0.3 is 0 Å². The summed E-state index contributed by atoms with van der Waals surface area (Å²) in [6, 6.07) is 11.3. The van der Waals surface area contributed by atoms with E-state index in [9.17, 15) is 9.59 Å². The van der Waals surface area contributed by atoms with Crippen molar-refractivity contribution < 1.29 is 9.59 Å². The minimum absolute atomic E-state index is 0.407. The third kappa shape index (κ3) is 2.41. The Kier molecular flexibility index (Phi) is 3.77. The first-order valence-corrected chi connectivity index (χ1v) is 5.49. The van der Waals surface area contributed by atoms with Crippen LogP contribution in [0, 0.1) is 0 Å². The summed E-state index contributed by atoms with van der Waals surface area (Å²) in [5, 5.41) is 1.91. The number of benzene rings is 2. The quantitative estimate of drug-likeness (QED) is 0.607. The fraction of sp³-hybridized carbons (Fsp3) is 0.143. The van der Waals surface area contributed by atoms with Crippen LogP contribution in [0.4, 0.5) is 5.69 Å². The number of isocyanates is 2. The molecule has 0 heterocycles. The highest BCUT2D eigenvalue weighted by Crippen LogP contribution is 2.28. The molecule has 4 heteroatoms. The predicted molar refractivity (Wildman–Crippen MR) is 68.4 cm³/mol. The number of fused-ring (bicyclic) bond motifs is 1. The number of carbonyl (C=O) groups excluding carboxylic acids is 2. The summed E-state index contributed by atoms with van der Waals surface area (Å²) in [4.78, 5) is 27.6. The molecule has 0 amide bonds. The van der Waals surface area contributed by atoms with Gasteiger partial charge in [-0.15, -0.1) is 0 Å². The van der Waals surface area contributed by atoms with Crippen LogP contribution >= 0.6 is 0 Å². The minimum atomic E-state index is 0.407. The monoisotopic (exact) mass is 238 g/mol. The summed E-state index contributed by atoms with van der Waals surface area (Å²) < 4.78 is 0. The van der Waals surface area contributed by atoms with Crippen LogP contribution in [-0.4, -0.2) is 18.7 Å². The second-order valence-corrected chi connectivity index (χ2v) is 3.72. The van der Waals surface area contributed by atoms with Crippen molar-refractivity contribution in [1.29, 1.82) is 0 Å². The van der Waals surface area contributed by atoms with E-state index < -0.39 is 0 Å². The van der Waals surface area contributed by atoms with Crippen LogP contribution in [0.1, 0.15) is 5.56 Å². The molecule has 0 bridgehead atoms. The van der Waals surface area contributed by atoms with Crippen molar-refractivity contribution in [1.82, 2.24) is 0 Å². The van der Waals surface area contributed by atoms with Crippen LogP contribution in [-0.2, 0) is 16.0 Å². The van der Waals surface area contributed by atoms with Gasteiger partial charge in [-0.1, -0.05) is 30.3 Å². The van der Waals surface area contributed by atoms with E-state index >= 15 is 0 Å². The van der Waals surface area contributed by atoms with Gasteiger partial charge in [0.2, 0.25) is 12.2 Å². The third-order valence-corrected chi connectivity index (χ3v) is 2.71. The SMILES string of the molecule is O=C=NCCc1cccc2c(N=C=O)cccc12. The van der Waals surface area contributed by atoms with Crippen LogP contribution < -0.4 is 0 Å². The molecule has 0 aliphatic rings. The Labute approximate surface area is 104 Å². The van der Waals surface area contributed by atoms with Gasteiger partial charge in [0.1, 0.15) is 0 Å². The Balaban J connectivity index is 2.52. The summed E-state index contributed by atoms with van der Waals surface area (Å²) in [5.74, 6) is 0. The standard InChI is InChI=1S/C14H10N2O2/c17-9-15-8-7-11-3-1-5-13-12(11)4-2-6-14(13)16-10-18/h1-6H,7-8H2. The number of hydrogen-bond acceptors (Lipinski definition) is 4. The average Bonchev–Trinajstić information content (AvgIpc) is 2.40. The van der Waals surface area contributed by atoms with Crippen LogP contribution in [0.3, 0.4) is 0 Å². The molecule has 2 rings (SSSR count). The smallest absolute Gasteiger partial charge is 0.211 e. The highest BCUT2D eigenvalue weighted by Gasteiger charge is 2.03. The molecule has 0 saturated carbocycles. The molecular formula is C14H10N2O2. The molecule has 0 atom stereocenters. The summed E-state index contributed by atoms with van der Waals surface area (Å²) in [5.41, 5.74) is 1.66. The number of aliphatic imine (C=N–C) groups is 2. The average molecular weight is 238 g/mol. The fourth-order valence-electron chi connectivity index (χ4n) is 1.95. The van der Waals surface area contributed by atoms with Gasteiger partial charge in [0.15, 0.2) is 0 Å². The van der Waals surface area contributed by atoms with Crippen molar-refractivity contribution in [3.05, 3.63) is 42.0 Å². The number of hydrogen-bond donors (Lipinski definition) is 0. The normalized spacial score (nSPS) is 9.56. The van der Waals surface area contributed by atoms with Gasteiger partial charge < -0.3 is 0 Å². The molecule has 0 radical (unpaired) electrons. The van der Waals surface area contributed by atoms with Gasteiger partial charge in [-0.3, -0.25) is 0 Å². The lowest BCUT2D eigenvalue weighted by atomic mass is 10.0. The first kappa shape index (κ1) is 11.9. The summed E-state index contributed by atoms with van der Waals surface area (Å²) in [6.07, 6.45) is 3.73. The third-order valence-electron chi connectivity index (χ3n) is 2.71. The van der Waals surface area contributed by atoms with Crippen molar-refractivity contribution in [2.75, 3.05) is 6.54 Å². The topological polar surface area (TPSA) is 58.9 Å². The van der Waals surface area contributed by atoms with Crippen LogP contribution in [0.5, 0.6) is 0 Å². The lowest BCUT2D eigenvalue weighted by Gasteiger charge is -2.06. The summed E-state index contributed by atoms with van der Waals surface area (Å²) in [7, 11) is 0. The van der Waals surface area contributed by atoms with E-state index in [1.54, 1.807) is 12.1 Å². The molecule has 0 unspecified atom stereocenters. The lowest BCUT2D eigenvalue weighted by molar-refractivity contribution is 0.562. The van der Waals surface area contributed by atoms with Gasteiger partial charge in [-0.25, -0.2) is 14.6 Å². The van der Waals surface area contributed by atoms with Gasteiger partial charge in [-0.05, 0) is 23.4 Å². The fourth-order valence-corrected chi connectivity index (χ4v) is 1.95. The maximum atomic E-state index is 10.4. The molecule has 0 aromatic heterocycles. The maximum absolute atomic E-state index is 10.4. The van der Waals surface area contributed by atoms with Crippen molar-refractivity contribution in [2.24, 2.45) is 9.98 Å². The van der Waals surface area contributed by atoms with Gasteiger partial charge in [0.05, 0.1) is 12.2 Å². The van der Waals surface area contributed by atoms with Crippen molar-refractivity contribution in [3.63, 3.8) is 0 Å². The minimum Gasteiger partial charge on any atom is -0.211 e. The van der Waals surface area contributed by atoms with Gasteiger partial charge in [0.25, 0.3) is 0 Å². The zero-order chi connectivity index (χ0) is 12.8. The molecule has 0 spiro atoms. The molecule has 0 N–H and O–H groups in total.